The Hall–Kier alpha value is -0.360. The van der Waals surface area contributed by atoms with Gasteiger partial charge in [0.2, 0.25) is 0 Å². The van der Waals surface area contributed by atoms with E-state index in [2.05, 4.69) is 6.58 Å². The second-order valence-electron chi connectivity index (χ2n) is 3.03. The van der Waals surface area contributed by atoms with Crippen molar-refractivity contribution in [1.29, 1.82) is 0 Å². The van der Waals surface area contributed by atoms with Gasteiger partial charge in [-0.05, 0) is 6.92 Å². The maximum atomic E-state index is 11.6. The Kier molecular flexibility index (Phi) is 3.92. The lowest BCUT2D eigenvalue weighted by Gasteiger charge is -2.24. The van der Waals surface area contributed by atoms with Crippen molar-refractivity contribution in [1.82, 2.24) is 0 Å². The van der Waals surface area contributed by atoms with Crippen molar-refractivity contribution in [3.63, 3.8) is 0 Å². The fourth-order valence-electron chi connectivity index (χ4n) is 1.02. The summed E-state index contributed by atoms with van der Waals surface area (Å²) >= 11 is 0. The molecule has 84 valence electrons. The van der Waals surface area contributed by atoms with Gasteiger partial charge in [0.25, 0.3) is 0 Å². The van der Waals surface area contributed by atoms with Crippen LogP contribution in [0, 0.1) is 0 Å². The van der Waals surface area contributed by atoms with Crippen molar-refractivity contribution in [3.05, 3.63) is 12.7 Å². The number of sulfone groups is 2. The molecular weight excluding hydrogens is 224 g/mol. The fraction of sp³-hybridized carbons (Fsp3) is 0.750. The first-order valence-corrected chi connectivity index (χ1v) is 7.57. The predicted molar refractivity (Wildman–Crippen MR) is 57.5 cm³/mol. The molecule has 0 aliphatic rings. The third-order valence-electron chi connectivity index (χ3n) is 2.37. The molecule has 0 N–H and O–H groups in total. The highest BCUT2D eigenvalue weighted by Gasteiger charge is 2.46. The minimum atomic E-state index is -3.69. The van der Waals surface area contributed by atoms with Gasteiger partial charge in [-0.3, -0.25) is 0 Å². The Morgan fingerprint density at radius 3 is 1.50 bits per heavy atom. The molecule has 0 spiro atoms. The van der Waals surface area contributed by atoms with Gasteiger partial charge in [-0.1, -0.05) is 19.9 Å². The SMILES string of the molecule is C=CC(C)(S(=O)(=O)CC)S(=O)(=O)CC. The minimum Gasteiger partial charge on any atom is -0.227 e. The molecule has 0 radical (unpaired) electrons. The zero-order chi connectivity index (χ0) is 11.6. The van der Waals surface area contributed by atoms with E-state index in [0.29, 0.717) is 0 Å². The second-order valence-corrected chi connectivity index (χ2v) is 8.60. The molecule has 14 heavy (non-hydrogen) atoms. The predicted octanol–water partition coefficient (Wildman–Crippen LogP) is 0.758. The lowest BCUT2D eigenvalue weighted by atomic mass is 10.5. The number of rotatable bonds is 5. The van der Waals surface area contributed by atoms with Crippen molar-refractivity contribution in [2.24, 2.45) is 0 Å². The second kappa shape index (κ2) is 4.02. The molecular formula is C8H16O4S2. The molecule has 0 amide bonds. The summed E-state index contributed by atoms with van der Waals surface area (Å²) in [7, 11) is -7.37. The van der Waals surface area contributed by atoms with Crippen LogP contribution in [0.3, 0.4) is 0 Å². The van der Waals surface area contributed by atoms with E-state index in [9.17, 15) is 16.8 Å². The maximum absolute atomic E-state index is 11.6. The van der Waals surface area contributed by atoms with Crippen LogP contribution in [0.4, 0.5) is 0 Å². The maximum Gasteiger partial charge on any atom is 0.188 e. The molecule has 0 atom stereocenters. The van der Waals surface area contributed by atoms with Crippen LogP contribution < -0.4 is 0 Å². The Labute approximate surface area is 85.9 Å². The summed E-state index contributed by atoms with van der Waals surface area (Å²) in [5.41, 5.74) is 0. The Morgan fingerprint density at radius 2 is 1.36 bits per heavy atom. The number of hydrogen-bond donors (Lipinski definition) is 0. The van der Waals surface area contributed by atoms with Crippen molar-refractivity contribution < 1.29 is 16.8 Å². The van der Waals surface area contributed by atoms with Crippen LogP contribution in [0.25, 0.3) is 0 Å². The average molecular weight is 240 g/mol. The molecule has 0 aromatic rings. The standard InChI is InChI=1S/C8H16O4S2/c1-5-8(4,13(9,10)6-2)14(11,12)7-3/h5H,1,6-7H2,2-4H3. The zero-order valence-corrected chi connectivity index (χ0v) is 10.3. The lowest BCUT2D eigenvalue weighted by molar-refractivity contribution is 0.565. The van der Waals surface area contributed by atoms with Crippen LogP contribution >= 0.6 is 0 Å². The molecule has 0 aliphatic heterocycles. The summed E-state index contributed by atoms with van der Waals surface area (Å²) in [5, 5.41) is 0. The van der Waals surface area contributed by atoms with Gasteiger partial charge >= 0.3 is 0 Å². The van der Waals surface area contributed by atoms with E-state index in [4.69, 9.17) is 0 Å². The Morgan fingerprint density at radius 1 is 1.07 bits per heavy atom. The van der Waals surface area contributed by atoms with Crippen molar-refractivity contribution in [2.75, 3.05) is 11.5 Å². The molecule has 0 bridgehead atoms. The van der Waals surface area contributed by atoms with Gasteiger partial charge in [0.1, 0.15) is 0 Å². The van der Waals surface area contributed by atoms with Crippen molar-refractivity contribution in [3.8, 4) is 0 Å². The summed E-state index contributed by atoms with van der Waals surface area (Å²) in [4.78, 5) is 0. The molecule has 0 aromatic carbocycles. The van der Waals surface area contributed by atoms with E-state index in [0.717, 1.165) is 6.08 Å². The molecule has 4 nitrogen and oxygen atoms in total. The van der Waals surface area contributed by atoms with Gasteiger partial charge in [0, 0.05) is 11.5 Å². The van der Waals surface area contributed by atoms with Crippen LogP contribution in [0.5, 0.6) is 0 Å². The molecule has 0 saturated carbocycles. The van der Waals surface area contributed by atoms with Crippen LogP contribution in [-0.4, -0.2) is 32.4 Å². The quantitative estimate of drug-likeness (QED) is 0.665. The summed E-state index contributed by atoms with van der Waals surface area (Å²) in [6, 6.07) is 0. The highest BCUT2D eigenvalue weighted by atomic mass is 32.3. The van der Waals surface area contributed by atoms with Crippen molar-refractivity contribution >= 4 is 19.7 Å². The van der Waals surface area contributed by atoms with Crippen LogP contribution in [0.15, 0.2) is 12.7 Å². The summed E-state index contributed by atoms with van der Waals surface area (Å²) < 4.78 is 44.6. The van der Waals surface area contributed by atoms with E-state index in [-0.39, 0.29) is 11.5 Å². The molecule has 0 aromatic heterocycles. The normalized spacial score (nSPS) is 13.9. The molecule has 6 heteroatoms. The lowest BCUT2D eigenvalue weighted by Crippen LogP contribution is -2.43. The van der Waals surface area contributed by atoms with Crippen LogP contribution in [0.2, 0.25) is 0 Å². The number of hydrogen-bond acceptors (Lipinski definition) is 4. The van der Waals surface area contributed by atoms with E-state index >= 15 is 0 Å². The topological polar surface area (TPSA) is 68.3 Å². The molecule has 0 saturated heterocycles. The summed E-state index contributed by atoms with van der Waals surface area (Å²) in [6.45, 7) is 7.32. The summed E-state index contributed by atoms with van der Waals surface area (Å²) in [6.07, 6.45) is 0.991. The van der Waals surface area contributed by atoms with Crippen LogP contribution in [0.1, 0.15) is 20.8 Å². The molecule has 0 unspecified atom stereocenters. The third-order valence-corrected chi connectivity index (χ3v) is 8.21. The summed E-state index contributed by atoms with van der Waals surface area (Å²) in [5.74, 6) is -0.427. The molecule has 0 heterocycles. The van der Waals surface area contributed by atoms with Gasteiger partial charge in [-0.15, -0.1) is 6.58 Å². The zero-order valence-electron chi connectivity index (χ0n) is 8.65. The monoisotopic (exact) mass is 240 g/mol. The van der Waals surface area contributed by atoms with E-state index in [1.807, 2.05) is 0 Å². The van der Waals surface area contributed by atoms with Crippen LogP contribution in [-0.2, 0) is 19.7 Å². The molecule has 0 rings (SSSR count). The van der Waals surface area contributed by atoms with E-state index < -0.39 is 23.8 Å². The van der Waals surface area contributed by atoms with E-state index in [1.165, 1.54) is 20.8 Å². The van der Waals surface area contributed by atoms with Gasteiger partial charge in [0.05, 0.1) is 0 Å². The molecule has 0 fully saturated rings. The van der Waals surface area contributed by atoms with Gasteiger partial charge < -0.3 is 0 Å². The van der Waals surface area contributed by atoms with Gasteiger partial charge in [-0.2, -0.15) is 0 Å². The van der Waals surface area contributed by atoms with Gasteiger partial charge in [0.15, 0.2) is 23.8 Å². The largest absolute Gasteiger partial charge is 0.227 e. The Bertz CT molecular complexity index is 369. The molecule has 0 aliphatic carbocycles. The van der Waals surface area contributed by atoms with Crippen molar-refractivity contribution in [2.45, 2.75) is 24.9 Å². The first kappa shape index (κ1) is 13.6. The fourth-order valence-corrected chi connectivity index (χ4v) is 4.93. The van der Waals surface area contributed by atoms with Gasteiger partial charge in [-0.25, -0.2) is 16.8 Å². The average Bonchev–Trinajstić information content (AvgIpc) is 2.15. The van der Waals surface area contributed by atoms with E-state index in [1.54, 1.807) is 0 Å². The highest BCUT2D eigenvalue weighted by Crippen LogP contribution is 2.27. The Balaban J connectivity index is 5.80. The minimum absolute atomic E-state index is 0.214. The first-order valence-electron chi connectivity index (χ1n) is 4.26. The third kappa shape index (κ3) is 1.86. The first-order chi connectivity index (χ1) is 6.18. The highest BCUT2D eigenvalue weighted by molar-refractivity contribution is 8.10. The smallest absolute Gasteiger partial charge is 0.188 e.